The number of nitrogens with two attached hydrogens (primary N) is 1. The van der Waals surface area contributed by atoms with Crippen LogP contribution in [0.1, 0.15) is 22.9 Å². The van der Waals surface area contributed by atoms with Crippen LogP contribution < -0.4 is 21.1 Å². The van der Waals surface area contributed by atoms with Crippen molar-refractivity contribution >= 4 is 35.8 Å². The highest BCUT2D eigenvalue weighted by atomic mass is 127. The van der Waals surface area contributed by atoms with Crippen molar-refractivity contribution in [1.29, 1.82) is 0 Å². The van der Waals surface area contributed by atoms with Crippen LogP contribution in [0.3, 0.4) is 0 Å². The minimum atomic E-state index is -0.509. The number of aryl methyl sites for hydroxylation is 2. The number of hydrogen-bond donors (Lipinski definition) is 3. The molecule has 0 aliphatic carbocycles. The molecule has 142 valence electrons. The second kappa shape index (κ2) is 10.6. The Balaban J connectivity index is 0.00000338. The van der Waals surface area contributed by atoms with Crippen molar-refractivity contribution in [3.8, 4) is 5.75 Å². The predicted molar refractivity (Wildman–Crippen MR) is 110 cm³/mol. The van der Waals surface area contributed by atoms with E-state index in [0.717, 1.165) is 17.0 Å². The Morgan fingerprint density at radius 3 is 2.65 bits per heavy atom. The molecule has 0 saturated heterocycles. The maximum atomic E-state index is 10.8. The molecule has 9 heteroatoms. The third-order valence-corrected chi connectivity index (χ3v) is 3.44. The fourth-order valence-electron chi connectivity index (χ4n) is 2.08. The van der Waals surface area contributed by atoms with Crippen molar-refractivity contribution in [2.45, 2.75) is 26.9 Å². The molecule has 4 N–H and O–H groups in total. The van der Waals surface area contributed by atoms with E-state index in [2.05, 4.69) is 20.6 Å². The Bertz CT molecular complexity index is 741. The number of nitrogens with zero attached hydrogens (tertiary/aromatic N) is 2. The highest BCUT2D eigenvalue weighted by Crippen LogP contribution is 2.13. The van der Waals surface area contributed by atoms with Crippen molar-refractivity contribution in [3.63, 3.8) is 0 Å². The van der Waals surface area contributed by atoms with E-state index >= 15 is 0 Å². The summed E-state index contributed by atoms with van der Waals surface area (Å²) in [5.74, 6) is 2.13. The van der Waals surface area contributed by atoms with Crippen molar-refractivity contribution in [2.75, 3.05) is 13.7 Å². The van der Waals surface area contributed by atoms with Gasteiger partial charge in [0, 0.05) is 13.6 Å². The molecule has 26 heavy (non-hydrogen) atoms. The molecule has 1 aromatic carbocycles. The van der Waals surface area contributed by atoms with Gasteiger partial charge in [-0.15, -0.1) is 24.0 Å². The lowest BCUT2D eigenvalue weighted by Gasteiger charge is -2.11. The van der Waals surface area contributed by atoms with Crippen LogP contribution in [0.15, 0.2) is 33.7 Å². The van der Waals surface area contributed by atoms with Gasteiger partial charge in [0.05, 0.1) is 12.2 Å². The van der Waals surface area contributed by atoms with Crippen molar-refractivity contribution in [2.24, 2.45) is 10.7 Å². The fraction of sp³-hybridized carbons (Fsp3) is 0.353. The Kier molecular flexibility index (Phi) is 8.90. The topological polar surface area (TPSA) is 115 Å². The van der Waals surface area contributed by atoms with E-state index in [1.165, 1.54) is 0 Å². The largest absolute Gasteiger partial charge is 0.484 e. The van der Waals surface area contributed by atoms with Gasteiger partial charge in [-0.05, 0) is 31.5 Å². The van der Waals surface area contributed by atoms with E-state index in [4.69, 9.17) is 14.9 Å². The third kappa shape index (κ3) is 6.90. The molecule has 2 aromatic rings. The highest BCUT2D eigenvalue weighted by Gasteiger charge is 2.06. The second-order valence-electron chi connectivity index (χ2n) is 5.43. The number of aromatic nitrogens is 1. The molecule has 1 amide bonds. The number of guanidine groups is 1. The van der Waals surface area contributed by atoms with E-state index in [1.807, 2.05) is 32.0 Å². The van der Waals surface area contributed by atoms with Crippen LogP contribution in [0.4, 0.5) is 0 Å². The fourth-order valence-corrected chi connectivity index (χ4v) is 2.08. The minimum absolute atomic E-state index is 0. The lowest BCUT2D eigenvalue weighted by Crippen LogP contribution is -2.36. The molecule has 0 atom stereocenters. The molecule has 1 heterocycles. The lowest BCUT2D eigenvalue weighted by atomic mass is 10.2. The van der Waals surface area contributed by atoms with Crippen molar-refractivity contribution < 1.29 is 13.9 Å². The van der Waals surface area contributed by atoms with Crippen LogP contribution >= 0.6 is 24.0 Å². The zero-order chi connectivity index (χ0) is 18.2. The Morgan fingerprint density at radius 1 is 1.31 bits per heavy atom. The zero-order valence-electron chi connectivity index (χ0n) is 15.0. The van der Waals surface area contributed by atoms with E-state index in [1.54, 1.807) is 13.1 Å². The number of oxazole rings is 1. The molecule has 0 saturated carbocycles. The van der Waals surface area contributed by atoms with Gasteiger partial charge in [0.25, 0.3) is 5.91 Å². The smallest absolute Gasteiger partial charge is 0.255 e. The predicted octanol–water partition coefficient (Wildman–Crippen LogP) is 1.64. The van der Waals surface area contributed by atoms with Gasteiger partial charge in [0.2, 0.25) is 5.89 Å². The average Bonchev–Trinajstić information content (AvgIpc) is 2.91. The number of amides is 1. The first kappa shape index (κ1) is 21.7. The van der Waals surface area contributed by atoms with E-state index < -0.39 is 5.91 Å². The van der Waals surface area contributed by atoms with Gasteiger partial charge in [-0.25, -0.2) is 4.98 Å². The highest BCUT2D eigenvalue weighted by molar-refractivity contribution is 14.0. The van der Waals surface area contributed by atoms with Gasteiger partial charge in [-0.2, -0.15) is 0 Å². The molecule has 0 fully saturated rings. The minimum Gasteiger partial charge on any atom is -0.484 e. The summed E-state index contributed by atoms with van der Waals surface area (Å²) in [6.07, 6.45) is 0. The number of carbonyl (C=O) groups is 1. The first-order chi connectivity index (χ1) is 12.0. The molecular weight excluding hydrogens is 449 g/mol. The van der Waals surface area contributed by atoms with Crippen LogP contribution in [-0.2, 0) is 17.9 Å². The quantitative estimate of drug-likeness (QED) is 0.320. The maximum absolute atomic E-state index is 10.8. The number of benzene rings is 1. The summed E-state index contributed by atoms with van der Waals surface area (Å²) in [5.41, 5.74) is 6.94. The van der Waals surface area contributed by atoms with Gasteiger partial charge in [-0.3, -0.25) is 9.79 Å². The Labute approximate surface area is 169 Å². The molecule has 0 aliphatic rings. The summed E-state index contributed by atoms with van der Waals surface area (Å²) < 4.78 is 10.8. The summed E-state index contributed by atoms with van der Waals surface area (Å²) in [6, 6.07) is 7.40. The van der Waals surface area contributed by atoms with Crippen LogP contribution in [0.25, 0.3) is 0 Å². The molecule has 0 aliphatic heterocycles. The third-order valence-electron chi connectivity index (χ3n) is 3.44. The lowest BCUT2D eigenvalue weighted by molar-refractivity contribution is -0.119. The van der Waals surface area contributed by atoms with Crippen LogP contribution in [0, 0.1) is 13.8 Å². The van der Waals surface area contributed by atoms with Crippen LogP contribution in [0.2, 0.25) is 0 Å². The molecule has 8 nitrogen and oxygen atoms in total. The monoisotopic (exact) mass is 473 g/mol. The first-order valence-corrected chi connectivity index (χ1v) is 7.85. The number of hydrogen-bond acceptors (Lipinski definition) is 5. The molecule has 0 radical (unpaired) electrons. The Hall–Kier alpha value is -2.30. The summed E-state index contributed by atoms with van der Waals surface area (Å²) in [5, 5.41) is 6.33. The molecular formula is C17H24IN5O3. The number of aliphatic imine (C=N–C) groups is 1. The normalized spacial score (nSPS) is 10.8. The zero-order valence-corrected chi connectivity index (χ0v) is 17.4. The summed E-state index contributed by atoms with van der Waals surface area (Å²) in [4.78, 5) is 19.2. The molecule has 2 rings (SSSR count). The van der Waals surface area contributed by atoms with E-state index in [-0.39, 0.29) is 30.6 Å². The average molecular weight is 473 g/mol. The molecule has 0 spiro atoms. The number of nitrogens with one attached hydrogen (secondary N) is 2. The second-order valence-corrected chi connectivity index (χ2v) is 5.43. The molecule has 1 aromatic heterocycles. The number of carbonyl (C=O) groups excluding carboxylic acids is 1. The van der Waals surface area contributed by atoms with Gasteiger partial charge < -0.3 is 25.5 Å². The van der Waals surface area contributed by atoms with Crippen molar-refractivity contribution in [3.05, 3.63) is 47.2 Å². The number of primary amides is 1. The summed E-state index contributed by atoms with van der Waals surface area (Å²) >= 11 is 0. The maximum Gasteiger partial charge on any atom is 0.255 e. The van der Waals surface area contributed by atoms with Crippen molar-refractivity contribution in [1.82, 2.24) is 15.6 Å². The molecule has 0 bridgehead atoms. The van der Waals surface area contributed by atoms with Crippen LogP contribution in [-0.4, -0.2) is 30.5 Å². The number of halogens is 1. The van der Waals surface area contributed by atoms with E-state index in [0.29, 0.717) is 30.7 Å². The number of rotatable bonds is 7. The van der Waals surface area contributed by atoms with Gasteiger partial charge >= 0.3 is 0 Å². The SMILES string of the molecule is CN=C(NCc1cccc(OCC(N)=O)c1)NCc1nc(C)c(C)o1.I. The molecule has 0 unspecified atom stereocenters. The standard InChI is InChI=1S/C17H23N5O3.HI/c1-11-12(2)25-16(22-11)9-21-17(19-3)20-8-13-5-4-6-14(7-13)24-10-15(18)23;/h4-7H,8-10H2,1-3H3,(H2,18,23)(H2,19,20,21);1H. The number of ether oxygens (including phenoxy) is 1. The van der Waals surface area contributed by atoms with Gasteiger partial charge in [0.15, 0.2) is 12.6 Å². The Morgan fingerprint density at radius 2 is 2.04 bits per heavy atom. The summed E-state index contributed by atoms with van der Waals surface area (Å²) in [7, 11) is 1.69. The van der Waals surface area contributed by atoms with Crippen LogP contribution in [0.5, 0.6) is 5.75 Å². The van der Waals surface area contributed by atoms with E-state index in [9.17, 15) is 4.79 Å². The first-order valence-electron chi connectivity index (χ1n) is 7.85. The summed E-state index contributed by atoms with van der Waals surface area (Å²) in [6.45, 7) is 4.62. The van der Waals surface area contributed by atoms with Gasteiger partial charge in [0.1, 0.15) is 11.5 Å². The van der Waals surface area contributed by atoms with Gasteiger partial charge in [-0.1, -0.05) is 12.1 Å².